The van der Waals surface area contributed by atoms with E-state index in [2.05, 4.69) is 41.5 Å². The molecule has 0 saturated heterocycles. The number of benzene rings is 1. The van der Waals surface area contributed by atoms with E-state index in [1.165, 1.54) is 5.56 Å². The van der Waals surface area contributed by atoms with Gasteiger partial charge in [-0.15, -0.1) is 0 Å². The normalized spacial score (nSPS) is 15.3. The number of primary amides is 1. The highest BCUT2D eigenvalue weighted by Gasteiger charge is 2.21. The minimum absolute atomic E-state index is 0. The molecular formula is C26H49N5O2. The zero-order chi connectivity index (χ0) is 25.1. The van der Waals surface area contributed by atoms with E-state index in [0.717, 1.165) is 57.3 Å². The van der Waals surface area contributed by atoms with Gasteiger partial charge >= 0.3 is 6.03 Å². The highest BCUT2D eigenvalue weighted by molar-refractivity contribution is 5.95. The topological polar surface area (TPSA) is 90.7 Å². The van der Waals surface area contributed by atoms with Gasteiger partial charge in [0.1, 0.15) is 0 Å². The number of likely N-dealkylation sites (N-methyl/N-ethyl adjacent to an activating group) is 2. The van der Waals surface area contributed by atoms with Crippen molar-refractivity contribution in [2.24, 2.45) is 11.7 Å². The first kappa shape index (κ1) is 30.8. The lowest BCUT2D eigenvalue weighted by Gasteiger charge is -2.22. The van der Waals surface area contributed by atoms with E-state index in [9.17, 15) is 9.59 Å². The predicted octanol–water partition coefficient (Wildman–Crippen LogP) is 3.51. The molecule has 1 aromatic rings. The Hall–Kier alpha value is -2.22. The van der Waals surface area contributed by atoms with E-state index >= 15 is 0 Å². The maximum atomic E-state index is 11.6. The summed E-state index contributed by atoms with van der Waals surface area (Å²) in [5.74, 6) is 0.866. The first-order valence-electron chi connectivity index (χ1n) is 12.0. The van der Waals surface area contributed by atoms with E-state index < -0.39 is 0 Å². The number of nitrogens with zero attached hydrogens (tertiary/aromatic N) is 2. The van der Waals surface area contributed by atoms with Gasteiger partial charge in [0.2, 0.25) is 0 Å². The SMILES string of the molecule is C=C1CC[C@H](CCCNCc2ccccc2)CC1=O.CCN(CCN(C)C)C(N)=O.CNC.[HH]. The van der Waals surface area contributed by atoms with Gasteiger partial charge in [0.15, 0.2) is 5.78 Å². The molecule has 1 fully saturated rings. The molecule has 1 aliphatic rings. The quantitative estimate of drug-likeness (QED) is 0.365. The summed E-state index contributed by atoms with van der Waals surface area (Å²) in [6.07, 6.45) is 5.07. The Bertz CT molecular complexity index is 670. The fourth-order valence-electron chi connectivity index (χ4n) is 3.36. The molecule has 1 aliphatic carbocycles. The third-order valence-corrected chi connectivity index (χ3v) is 5.37. The average molecular weight is 464 g/mol. The third kappa shape index (κ3) is 16.1. The Labute approximate surface area is 203 Å². The number of carbonyl (C=O) groups excluding carboxylic acids is 2. The van der Waals surface area contributed by atoms with Crippen LogP contribution in [-0.4, -0.2) is 76.0 Å². The Kier molecular flexibility index (Phi) is 18.0. The van der Waals surface area contributed by atoms with Gasteiger partial charge in [-0.05, 0) is 84.4 Å². The van der Waals surface area contributed by atoms with Gasteiger partial charge in [-0.25, -0.2) is 4.79 Å². The Morgan fingerprint density at radius 3 is 2.36 bits per heavy atom. The molecule has 0 radical (unpaired) electrons. The van der Waals surface area contributed by atoms with Crippen molar-refractivity contribution in [2.45, 2.75) is 45.6 Å². The molecule has 0 unspecified atom stereocenters. The summed E-state index contributed by atoms with van der Waals surface area (Å²) in [7, 11) is 7.68. The van der Waals surface area contributed by atoms with Crippen molar-refractivity contribution >= 4 is 11.8 Å². The Balaban J connectivity index is 0. The number of hydrogen-bond donors (Lipinski definition) is 3. The van der Waals surface area contributed by atoms with Crippen LogP contribution in [-0.2, 0) is 11.3 Å². The lowest BCUT2D eigenvalue weighted by atomic mass is 9.83. The number of amides is 2. The van der Waals surface area contributed by atoms with Crippen LogP contribution in [0.15, 0.2) is 42.5 Å². The maximum absolute atomic E-state index is 11.6. The maximum Gasteiger partial charge on any atom is 0.314 e. The summed E-state index contributed by atoms with van der Waals surface area (Å²) in [6.45, 7) is 9.94. The largest absolute Gasteiger partial charge is 0.351 e. The number of nitrogens with one attached hydrogen (secondary N) is 2. The van der Waals surface area contributed by atoms with Crippen LogP contribution >= 0.6 is 0 Å². The van der Waals surface area contributed by atoms with Gasteiger partial charge in [0.25, 0.3) is 0 Å². The van der Waals surface area contributed by atoms with Gasteiger partial charge in [-0.2, -0.15) is 0 Å². The predicted molar refractivity (Wildman–Crippen MR) is 141 cm³/mol. The number of urea groups is 1. The first-order valence-corrected chi connectivity index (χ1v) is 12.0. The molecule has 1 saturated carbocycles. The van der Waals surface area contributed by atoms with E-state index in [1.54, 1.807) is 4.90 Å². The number of rotatable bonds is 10. The van der Waals surface area contributed by atoms with Crippen molar-refractivity contribution in [1.29, 1.82) is 0 Å². The molecule has 0 bridgehead atoms. The van der Waals surface area contributed by atoms with Crippen molar-refractivity contribution < 1.29 is 11.0 Å². The fourth-order valence-corrected chi connectivity index (χ4v) is 3.36. The van der Waals surface area contributed by atoms with E-state index in [-0.39, 0.29) is 13.2 Å². The summed E-state index contributed by atoms with van der Waals surface area (Å²) in [4.78, 5) is 25.9. The number of allylic oxidation sites excluding steroid dienone is 1. The second-order valence-corrected chi connectivity index (χ2v) is 8.66. The van der Waals surface area contributed by atoms with Gasteiger partial charge in [0, 0.05) is 34.0 Å². The van der Waals surface area contributed by atoms with Crippen molar-refractivity contribution in [2.75, 3.05) is 54.4 Å². The molecule has 1 atom stereocenters. The molecule has 0 aromatic heterocycles. The van der Waals surface area contributed by atoms with Crippen molar-refractivity contribution in [3.63, 3.8) is 0 Å². The van der Waals surface area contributed by atoms with Crippen LogP contribution < -0.4 is 16.4 Å². The zero-order valence-corrected chi connectivity index (χ0v) is 21.5. The fraction of sp³-hybridized carbons (Fsp3) is 0.615. The van der Waals surface area contributed by atoms with Gasteiger partial charge < -0.3 is 26.2 Å². The van der Waals surface area contributed by atoms with Crippen LogP contribution in [0.2, 0.25) is 0 Å². The molecular weight excluding hydrogens is 414 g/mol. The summed E-state index contributed by atoms with van der Waals surface area (Å²) in [5.41, 5.74) is 7.26. The van der Waals surface area contributed by atoms with Crippen LogP contribution in [0.4, 0.5) is 4.79 Å². The van der Waals surface area contributed by atoms with Crippen molar-refractivity contribution in [1.82, 2.24) is 20.4 Å². The van der Waals surface area contributed by atoms with E-state index in [0.29, 0.717) is 19.0 Å². The molecule has 2 rings (SSSR count). The van der Waals surface area contributed by atoms with Crippen molar-refractivity contribution in [3.05, 3.63) is 48.0 Å². The number of carbonyl (C=O) groups is 2. The number of hydrogen-bond acceptors (Lipinski definition) is 5. The lowest BCUT2D eigenvalue weighted by Crippen LogP contribution is -2.39. The highest BCUT2D eigenvalue weighted by Crippen LogP contribution is 2.27. The van der Waals surface area contributed by atoms with Crippen LogP contribution in [0.1, 0.15) is 46.0 Å². The Morgan fingerprint density at radius 2 is 1.85 bits per heavy atom. The minimum Gasteiger partial charge on any atom is -0.351 e. The van der Waals surface area contributed by atoms with Crippen LogP contribution in [0.3, 0.4) is 0 Å². The number of nitrogens with two attached hydrogens (primary N) is 1. The lowest BCUT2D eigenvalue weighted by molar-refractivity contribution is -0.117. The van der Waals surface area contributed by atoms with Crippen LogP contribution in [0.5, 0.6) is 0 Å². The van der Waals surface area contributed by atoms with Gasteiger partial charge in [-0.3, -0.25) is 4.79 Å². The summed E-state index contributed by atoms with van der Waals surface area (Å²) in [5, 5.41) is 6.21. The second-order valence-electron chi connectivity index (χ2n) is 8.66. The summed E-state index contributed by atoms with van der Waals surface area (Å²) >= 11 is 0. The highest BCUT2D eigenvalue weighted by atomic mass is 16.2. The summed E-state index contributed by atoms with van der Waals surface area (Å²) < 4.78 is 0. The molecule has 0 spiro atoms. The average Bonchev–Trinajstić information content (AvgIpc) is 2.78. The van der Waals surface area contributed by atoms with Gasteiger partial charge in [-0.1, -0.05) is 36.9 Å². The van der Waals surface area contributed by atoms with E-state index in [1.807, 2.05) is 46.1 Å². The minimum atomic E-state index is -0.339. The number of Topliss-reactive ketones (excluding diaryl/α,β-unsaturated/α-hetero) is 1. The molecule has 190 valence electrons. The molecule has 1 aromatic carbocycles. The Morgan fingerprint density at radius 1 is 1.21 bits per heavy atom. The molecule has 2 amide bonds. The van der Waals surface area contributed by atoms with E-state index in [4.69, 9.17) is 5.73 Å². The monoisotopic (exact) mass is 463 g/mol. The third-order valence-electron chi connectivity index (χ3n) is 5.37. The molecule has 7 heteroatoms. The van der Waals surface area contributed by atoms with Crippen LogP contribution in [0.25, 0.3) is 0 Å². The molecule has 0 aliphatic heterocycles. The van der Waals surface area contributed by atoms with Gasteiger partial charge in [0.05, 0.1) is 0 Å². The molecule has 7 nitrogen and oxygen atoms in total. The molecule has 4 N–H and O–H groups in total. The first-order chi connectivity index (χ1) is 15.7. The molecule has 0 heterocycles. The smallest absolute Gasteiger partial charge is 0.314 e. The molecule has 33 heavy (non-hydrogen) atoms. The van der Waals surface area contributed by atoms with Crippen LogP contribution in [0, 0.1) is 5.92 Å². The summed E-state index contributed by atoms with van der Waals surface area (Å²) in [6, 6.07) is 10.1. The number of ketones is 1. The standard InChI is InChI=1S/C17H23NO.C7H17N3O.C2H7N.H2/c1-14-9-10-15(12-17(14)19)8-5-11-18-13-16-6-3-2-4-7-16;1-4-10(7(8)11)6-5-9(2)3;1-3-2;/h2-4,6-7,15,18H,1,5,8-13H2;4-6H2,1-3H3,(H2,8,11);3H,1-2H3;1H/t15-;;;/m0.../s1. The zero-order valence-electron chi connectivity index (χ0n) is 21.5. The second kappa shape index (κ2) is 19.3. The van der Waals surface area contributed by atoms with Crippen molar-refractivity contribution in [3.8, 4) is 0 Å².